The first-order chi connectivity index (χ1) is 6.77. The molecule has 0 aliphatic carbocycles. The van der Waals surface area contributed by atoms with Gasteiger partial charge < -0.3 is 10.2 Å². The molecule has 1 N–H and O–H groups in total. The third kappa shape index (κ3) is 2.91. The monoisotopic (exact) mass is 195 g/mol. The molecule has 0 aromatic carbocycles. The SMILES string of the molecule is CCNC(=O)N1CCC(CC#N)CC1. The molecule has 1 rings (SSSR count). The molecule has 1 fully saturated rings. The van der Waals surface area contributed by atoms with E-state index in [9.17, 15) is 4.79 Å². The lowest BCUT2D eigenvalue weighted by molar-refractivity contribution is 0.172. The normalized spacial score (nSPS) is 17.6. The lowest BCUT2D eigenvalue weighted by Gasteiger charge is -2.30. The van der Waals surface area contributed by atoms with Crippen LogP contribution in [-0.4, -0.2) is 30.6 Å². The van der Waals surface area contributed by atoms with Crippen molar-refractivity contribution in [3.63, 3.8) is 0 Å². The predicted molar refractivity (Wildman–Crippen MR) is 53.6 cm³/mol. The number of amides is 2. The highest BCUT2D eigenvalue weighted by Crippen LogP contribution is 2.19. The molecular weight excluding hydrogens is 178 g/mol. The summed E-state index contributed by atoms with van der Waals surface area (Å²) in [5.74, 6) is 0.491. The summed E-state index contributed by atoms with van der Waals surface area (Å²) in [4.78, 5) is 13.2. The summed E-state index contributed by atoms with van der Waals surface area (Å²) in [6.07, 6.45) is 2.55. The first kappa shape index (κ1) is 10.8. The molecule has 0 saturated carbocycles. The van der Waals surface area contributed by atoms with E-state index in [0.717, 1.165) is 25.9 Å². The van der Waals surface area contributed by atoms with Crippen molar-refractivity contribution >= 4 is 6.03 Å². The molecule has 4 nitrogen and oxygen atoms in total. The number of nitriles is 1. The Labute approximate surface area is 84.9 Å². The van der Waals surface area contributed by atoms with E-state index >= 15 is 0 Å². The van der Waals surface area contributed by atoms with Gasteiger partial charge in [-0.05, 0) is 25.7 Å². The van der Waals surface area contributed by atoms with Crippen molar-refractivity contribution in [2.24, 2.45) is 5.92 Å². The van der Waals surface area contributed by atoms with Crippen molar-refractivity contribution in [3.05, 3.63) is 0 Å². The molecule has 1 heterocycles. The number of hydrogen-bond acceptors (Lipinski definition) is 2. The number of piperidine rings is 1. The minimum absolute atomic E-state index is 0.0305. The second-order valence-electron chi connectivity index (χ2n) is 3.63. The molecule has 0 unspecified atom stereocenters. The van der Waals surface area contributed by atoms with Crippen LogP contribution in [0.2, 0.25) is 0 Å². The smallest absolute Gasteiger partial charge is 0.317 e. The lowest BCUT2D eigenvalue weighted by atomic mass is 9.94. The maximum Gasteiger partial charge on any atom is 0.317 e. The second-order valence-corrected chi connectivity index (χ2v) is 3.63. The highest BCUT2D eigenvalue weighted by Gasteiger charge is 2.21. The Morgan fingerprint density at radius 1 is 1.57 bits per heavy atom. The van der Waals surface area contributed by atoms with Gasteiger partial charge in [0.05, 0.1) is 6.07 Å². The van der Waals surface area contributed by atoms with E-state index in [1.54, 1.807) is 0 Å². The number of likely N-dealkylation sites (tertiary alicyclic amines) is 1. The van der Waals surface area contributed by atoms with Crippen LogP contribution in [0.3, 0.4) is 0 Å². The van der Waals surface area contributed by atoms with E-state index in [0.29, 0.717) is 18.9 Å². The molecule has 1 aliphatic heterocycles. The van der Waals surface area contributed by atoms with Gasteiger partial charge in [-0.25, -0.2) is 4.79 Å². The Hall–Kier alpha value is -1.24. The summed E-state index contributed by atoms with van der Waals surface area (Å²) >= 11 is 0. The summed E-state index contributed by atoms with van der Waals surface area (Å²) in [6.45, 7) is 4.17. The van der Waals surface area contributed by atoms with E-state index in [2.05, 4.69) is 11.4 Å². The van der Waals surface area contributed by atoms with Gasteiger partial charge in [0.2, 0.25) is 0 Å². The van der Waals surface area contributed by atoms with Crippen molar-refractivity contribution < 1.29 is 4.79 Å². The van der Waals surface area contributed by atoms with Gasteiger partial charge in [0.25, 0.3) is 0 Å². The minimum Gasteiger partial charge on any atom is -0.338 e. The third-order valence-corrected chi connectivity index (χ3v) is 2.61. The fourth-order valence-corrected chi connectivity index (χ4v) is 1.73. The highest BCUT2D eigenvalue weighted by molar-refractivity contribution is 5.74. The van der Waals surface area contributed by atoms with Gasteiger partial charge in [0, 0.05) is 26.1 Å². The Balaban J connectivity index is 2.28. The quantitative estimate of drug-likeness (QED) is 0.723. The van der Waals surface area contributed by atoms with Crippen LogP contribution < -0.4 is 5.32 Å². The predicted octanol–water partition coefficient (Wildman–Crippen LogP) is 1.34. The summed E-state index contributed by atoms with van der Waals surface area (Å²) < 4.78 is 0. The average molecular weight is 195 g/mol. The van der Waals surface area contributed by atoms with E-state index in [-0.39, 0.29) is 6.03 Å². The number of urea groups is 1. The number of nitrogens with zero attached hydrogens (tertiary/aromatic N) is 2. The van der Waals surface area contributed by atoms with E-state index in [1.807, 2.05) is 11.8 Å². The standard InChI is InChI=1S/C10H17N3O/c1-2-12-10(14)13-7-4-9(3-6-11)5-8-13/h9H,2-5,7-8H2,1H3,(H,12,14). The van der Waals surface area contributed by atoms with E-state index < -0.39 is 0 Å². The van der Waals surface area contributed by atoms with Gasteiger partial charge in [0.15, 0.2) is 0 Å². The first-order valence-corrected chi connectivity index (χ1v) is 5.17. The molecule has 2 amide bonds. The molecule has 0 spiro atoms. The fourth-order valence-electron chi connectivity index (χ4n) is 1.73. The molecule has 0 aromatic heterocycles. The highest BCUT2D eigenvalue weighted by atomic mass is 16.2. The molecule has 4 heteroatoms. The number of carbonyl (C=O) groups excluding carboxylic acids is 1. The molecule has 0 aromatic rings. The largest absolute Gasteiger partial charge is 0.338 e. The molecule has 0 radical (unpaired) electrons. The summed E-state index contributed by atoms with van der Waals surface area (Å²) in [7, 11) is 0. The van der Waals surface area contributed by atoms with Gasteiger partial charge in [-0.15, -0.1) is 0 Å². The second kappa shape index (κ2) is 5.48. The van der Waals surface area contributed by atoms with Crippen LogP contribution >= 0.6 is 0 Å². The number of carbonyl (C=O) groups is 1. The summed E-state index contributed by atoms with van der Waals surface area (Å²) in [5.41, 5.74) is 0. The Morgan fingerprint density at radius 2 is 2.21 bits per heavy atom. The van der Waals surface area contributed by atoms with E-state index in [1.165, 1.54) is 0 Å². The first-order valence-electron chi connectivity index (χ1n) is 5.17. The van der Waals surface area contributed by atoms with Crippen molar-refractivity contribution in [1.29, 1.82) is 5.26 Å². The molecular formula is C10H17N3O. The van der Waals surface area contributed by atoms with Crippen LogP contribution in [0.15, 0.2) is 0 Å². The average Bonchev–Trinajstić information content (AvgIpc) is 2.20. The Morgan fingerprint density at radius 3 is 2.71 bits per heavy atom. The van der Waals surface area contributed by atoms with Crippen LogP contribution in [0, 0.1) is 17.2 Å². The van der Waals surface area contributed by atoms with Crippen LogP contribution in [0.1, 0.15) is 26.2 Å². The maximum absolute atomic E-state index is 11.4. The zero-order valence-electron chi connectivity index (χ0n) is 8.62. The molecule has 0 bridgehead atoms. The van der Waals surface area contributed by atoms with Crippen molar-refractivity contribution in [2.75, 3.05) is 19.6 Å². The van der Waals surface area contributed by atoms with Gasteiger partial charge in [0.1, 0.15) is 0 Å². The minimum atomic E-state index is 0.0305. The zero-order valence-corrected chi connectivity index (χ0v) is 8.62. The molecule has 1 saturated heterocycles. The van der Waals surface area contributed by atoms with Gasteiger partial charge in [-0.1, -0.05) is 0 Å². The maximum atomic E-state index is 11.4. The Kier molecular flexibility index (Phi) is 4.24. The lowest BCUT2D eigenvalue weighted by Crippen LogP contribution is -2.44. The van der Waals surface area contributed by atoms with Crippen molar-refractivity contribution in [2.45, 2.75) is 26.2 Å². The molecule has 1 aliphatic rings. The van der Waals surface area contributed by atoms with Gasteiger partial charge in [-0.2, -0.15) is 5.26 Å². The third-order valence-electron chi connectivity index (χ3n) is 2.61. The molecule has 0 atom stereocenters. The molecule has 14 heavy (non-hydrogen) atoms. The van der Waals surface area contributed by atoms with Crippen LogP contribution in [0.4, 0.5) is 4.79 Å². The topological polar surface area (TPSA) is 56.1 Å². The number of hydrogen-bond donors (Lipinski definition) is 1. The van der Waals surface area contributed by atoms with Crippen molar-refractivity contribution in [3.8, 4) is 6.07 Å². The number of rotatable bonds is 2. The van der Waals surface area contributed by atoms with Crippen LogP contribution in [0.5, 0.6) is 0 Å². The van der Waals surface area contributed by atoms with Gasteiger partial charge in [-0.3, -0.25) is 0 Å². The van der Waals surface area contributed by atoms with Crippen molar-refractivity contribution in [1.82, 2.24) is 10.2 Å². The Bertz CT molecular complexity index is 226. The van der Waals surface area contributed by atoms with Gasteiger partial charge >= 0.3 is 6.03 Å². The zero-order chi connectivity index (χ0) is 10.4. The molecule has 78 valence electrons. The summed E-state index contributed by atoms with van der Waals surface area (Å²) in [6, 6.07) is 2.22. The summed E-state index contributed by atoms with van der Waals surface area (Å²) in [5, 5.41) is 11.3. The number of nitrogens with one attached hydrogen (secondary N) is 1. The van der Waals surface area contributed by atoms with Crippen LogP contribution in [0.25, 0.3) is 0 Å². The van der Waals surface area contributed by atoms with Crippen LogP contribution in [-0.2, 0) is 0 Å². The van der Waals surface area contributed by atoms with E-state index in [4.69, 9.17) is 5.26 Å². The fraction of sp³-hybridized carbons (Fsp3) is 0.800.